The van der Waals surface area contributed by atoms with Gasteiger partial charge in [0.1, 0.15) is 5.75 Å². The predicted molar refractivity (Wildman–Crippen MR) is 44.1 cm³/mol. The lowest BCUT2D eigenvalue weighted by atomic mass is 10.2. The van der Waals surface area contributed by atoms with Gasteiger partial charge in [-0.25, -0.2) is 0 Å². The number of nitrogens with one attached hydrogen (secondary N) is 1. The number of aldehydes is 1. The zero-order chi connectivity index (χ0) is 14.1. The molecule has 0 aliphatic carbocycles. The summed E-state index contributed by atoms with van der Waals surface area (Å²) >= 11 is 0. The number of pyridine rings is 1. The normalized spacial score (nSPS) is 12.3. The van der Waals surface area contributed by atoms with E-state index >= 15 is 0 Å². The van der Waals surface area contributed by atoms with Gasteiger partial charge in [0.15, 0.2) is 11.8 Å². The monoisotopic (exact) mass is 275 g/mol. The van der Waals surface area contributed by atoms with Crippen molar-refractivity contribution in [2.24, 2.45) is 0 Å². The minimum atomic E-state index is -5.42. The third-order valence-electron chi connectivity index (χ3n) is 1.65. The molecular weight excluding hydrogens is 272 g/mol. The number of hydrogen-bond acceptors (Lipinski definition) is 3. The molecule has 0 unspecified atom stereocenters. The Hall–Kier alpha value is -2.00. The first-order valence-electron chi connectivity index (χ1n) is 4.10. The molecule has 4 nitrogen and oxygen atoms in total. The van der Waals surface area contributed by atoms with Crippen molar-refractivity contribution in [3.8, 4) is 5.75 Å². The van der Waals surface area contributed by atoms with Crippen molar-refractivity contribution in [1.29, 1.82) is 0 Å². The van der Waals surface area contributed by atoms with Crippen LogP contribution in [0.25, 0.3) is 0 Å². The summed E-state index contributed by atoms with van der Waals surface area (Å²) in [5.74, 6) is -1.78. The molecule has 0 radical (unpaired) electrons. The zero-order valence-electron chi connectivity index (χ0n) is 8.15. The van der Waals surface area contributed by atoms with Crippen molar-refractivity contribution in [2.45, 2.75) is 12.5 Å². The van der Waals surface area contributed by atoms with Crippen molar-refractivity contribution < 1.29 is 35.9 Å². The summed E-state index contributed by atoms with van der Waals surface area (Å²) in [6.07, 6.45) is -10.9. The van der Waals surface area contributed by atoms with Crippen LogP contribution in [0.4, 0.5) is 26.3 Å². The quantitative estimate of drug-likeness (QED) is 0.664. The highest BCUT2D eigenvalue weighted by Gasteiger charge is 2.42. The second-order valence-electron chi connectivity index (χ2n) is 2.96. The first-order valence-corrected chi connectivity index (χ1v) is 4.10. The molecule has 0 aliphatic rings. The Balaban J connectivity index is 3.49. The number of halogens is 6. The molecule has 18 heavy (non-hydrogen) atoms. The van der Waals surface area contributed by atoms with Gasteiger partial charge in [0.2, 0.25) is 0 Å². The minimum absolute atomic E-state index is 0.120. The topological polar surface area (TPSA) is 59.2 Å². The minimum Gasteiger partial charge on any atom is -0.405 e. The lowest BCUT2D eigenvalue weighted by Gasteiger charge is -2.14. The van der Waals surface area contributed by atoms with Crippen molar-refractivity contribution in [3.05, 3.63) is 27.7 Å². The van der Waals surface area contributed by atoms with Crippen LogP contribution in [0.5, 0.6) is 5.75 Å². The van der Waals surface area contributed by atoms with Gasteiger partial charge in [0, 0.05) is 6.07 Å². The first kappa shape index (κ1) is 14.1. The molecular formula is C8H3F6NO3. The highest BCUT2D eigenvalue weighted by Crippen LogP contribution is 2.35. The summed E-state index contributed by atoms with van der Waals surface area (Å²) in [5.41, 5.74) is -4.83. The molecule has 0 atom stereocenters. The molecule has 1 aromatic rings. The number of carbonyl (C=O) groups excluding carboxylic acids is 1. The number of alkyl halides is 6. The molecule has 0 aromatic carbocycles. The van der Waals surface area contributed by atoms with Crippen LogP contribution in [0.2, 0.25) is 0 Å². The van der Waals surface area contributed by atoms with Crippen LogP contribution >= 0.6 is 0 Å². The Kier molecular flexibility index (Phi) is 3.40. The van der Waals surface area contributed by atoms with Crippen LogP contribution in [0.3, 0.4) is 0 Å². The van der Waals surface area contributed by atoms with Crippen molar-refractivity contribution in [2.75, 3.05) is 0 Å². The fourth-order valence-electron chi connectivity index (χ4n) is 1.09. The Morgan fingerprint density at radius 2 is 1.72 bits per heavy atom. The van der Waals surface area contributed by atoms with Gasteiger partial charge >= 0.3 is 12.5 Å². The van der Waals surface area contributed by atoms with Gasteiger partial charge in [-0.15, -0.1) is 13.2 Å². The summed E-state index contributed by atoms with van der Waals surface area (Å²) in [7, 11) is 0. The van der Waals surface area contributed by atoms with E-state index in [-0.39, 0.29) is 12.4 Å². The van der Waals surface area contributed by atoms with Gasteiger partial charge in [-0.05, 0) is 0 Å². The zero-order valence-corrected chi connectivity index (χ0v) is 8.15. The van der Waals surface area contributed by atoms with Crippen LogP contribution in [0, 0.1) is 0 Å². The number of ether oxygens (including phenoxy) is 1. The van der Waals surface area contributed by atoms with Crippen molar-refractivity contribution in [1.82, 2.24) is 4.98 Å². The molecule has 1 heterocycles. The Bertz CT molecular complexity index is 515. The molecule has 100 valence electrons. The van der Waals surface area contributed by atoms with Gasteiger partial charge in [0.25, 0.3) is 5.56 Å². The van der Waals surface area contributed by atoms with E-state index in [2.05, 4.69) is 4.74 Å². The summed E-state index contributed by atoms with van der Waals surface area (Å²) in [4.78, 5) is 22.7. The van der Waals surface area contributed by atoms with E-state index in [9.17, 15) is 35.9 Å². The van der Waals surface area contributed by atoms with E-state index in [4.69, 9.17) is 0 Å². The number of rotatable bonds is 2. The third kappa shape index (κ3) is 3.25. The second-order valence-corrected chi connectivity index (χ2v) is 2.96. The first-order chi connectivity index (χ1) is 8.04. The fraction of sp³-hybridized carbons (Fsp3) is 0.250. The number of aromatic nitrogens is 1. The molecule has 0 saturated carbocycles. The summed E-state index contributed by atoms with van der Waals surface area (Å²) in [6, 6.07) is 0.144. The fourth-order valence-corrected chi connectivity index (χ4v) is 1.09. The number of H-pyrrole nitrogens is 1. The van der Waals surface area contributed by atoms with Crippen LogP contribution in [-0.4, -0.2) is 17.6 Å². The number of carbonyl (C=O) groups is 1. The third-order valence-corrected chi connectivity index (χ3v) is 1.65. The summed E-state index contributed by atoms with van der Waals surface area (Å²) < 4.78 is 75.8. The van der Waals surface area contributed by atoms with E-state index < -0.39 is 35.1 Å². The molecule has 0 fully saturated rings. The molecule has 1 N–H and O–H groups in total. The van der Waals surface area contributed by atoms with Gasteiger partial charge in [-0.1, -0.05) is 0 Å². The lowest BCUT2D eigenvalue weighted by molar-refractivity contribution is -0.276. The average Bonchev–Trinajstić information content (AvgIpc) is 2.11. The average molecular weight is 275 g/mol. The predicted octanol–water partition coefficient (Wildman–Crippen LogP) is 2.10. The number of hydrogen-bond donors (Lipinski definition) is 1. The van der Waals surface area contributed by atoms with E-state index in [1.807, 2.05) is 0 Å². The second kappa shape index (κ2) is 4.35. The van der Waals surface area contributed by atoms with E-state index in [1.165, 1.54) is 4.98 Å². The Labute approximate surface area is 94.2 Å². The molecule has 0 aliphatic heterocycles. The van der Waals surface area contributed by atoms with Crippen LogP contribution < -0.4 is 10.3 Å². The van der Waals surface area contributed by atoms with E-state index in [0.29, 0.717) is 0 Å². The largest absolute Gasteiger partial charge is 0.573 e. The molecule has 1 aromatic heterocycles. The van der Waals surface area contributed by atoms with Gasteiger partial charge in [-0.2, -0.15) is 13.2 Å². The number of aromatic amines is 1. The smallest absolute Gasteiger partial charge is 0.405 e. The maximum Gasteiger partial charge on any atom is 0.573 e. The molecule has 1 rings (SSSR count). The molecule has 0 bridgehead atoms. The van der Waals surface area contributed by atoms with E-state index in [0.717, 1.165) is 0 Å². The summed E-state index contributed by atoms with van der Waals surface area (Å²) in [6.45, 7) is 0. The van der Waals surface area contributed by atoms with E-state index in [1.54, 1.807) is 0 Å². The Morgan fingerprint density at radius 3 is 2.11 bits per heavy atom. The molecule has 0 saturated heterocycles. The van der Waals surface area contributed by atoms with Crippen molar-refractivity contribution >= 4 is 6.29 Å². The standard InChI is InChI=1S/C8H3F6NO3/c9-7(10,11)5-4(18-8(12,13)14)1-3(2-16)15-6(5)17/h1-2H,(H,15,17). The lowest BCUT2D eigenvalue weighted by Crippen LogP contribution is -2.27. The maximum atomic E-state index is 12.4. The van der Waals surface area contributed by atoms with Crippen LogP contribution in [-0.2, 0) is 6.18 Å². The van der Waals surface area contributed by atoms with Crippen LogP contribution in [0.15, 0.2) is 10.9 Å². The highest BCUT2D eigenvalue weighted by molar-refractivity contribution is 5.72. The van der Waals surface area contributed by atoms with Gasteiger partial charge in [0.05, 0.1) is 5.69 Å². The molecule has 0 amide bonds. The Morgan fingerprint density at radius 1 is 1.17 bits per heavy atom. The van der Waals surface area contributed by atoms with Crippen LogP contribution in [0.1, 0.15) is 16.1 Å². The maximum absolute atomic E-state index is 12.4. The SMILES string of the molecule is O=Cc1cc(OC(F)(F)F)c(C(F)(F)F)c(=O)[nH]1. The molecule has 10 heteroatoms. The van der Waals surface area contributed by atoms with Gasteiger partial charge < -0.3 is 9.72 Å². The summed E-state index contributed by atoms with van der Waals surface area (Å²) in [5, 5.41) is 0. The van der Waals surface area contributed by atoms with Crippen molar-refractivity contribution in [3.63, 3.8) is 0 Å². The highest BCUT2D eigenvalue weighted by atomic mass is 19.4. The van der Waals surface area contributed by atoms with Gasteiger partial charge in [-0.3, -0.25) is 9.59 Å². The molecule has 0 spiro atoms.